The number of amides is 1. The van der Waals surface area contributed by atoms with Gasteiger partial charge in [0.05, 0.1) is 10.6 Å². The highest BCUT2D eigenvalue weighted by atomic mass is 32.1. The van der Waals surface area contributed by atoms with Crippen LogP contribution in [0.2, 0.25) is 0 Å². The van der Waals surface area contributed by atoms with Gasteiger partial charge in [-0.3, -0.25) is 14.9 Å². The van der Waals surface area contributed by atoms with Crippen LogP contribution in [0.3, 0.4) is 0 Å². The Bertz CT molecular complexity index is 1160. The Kier molecular flexibility index (Phi) is 4.61. The Labute approximate surface area is 167 Å². The van der Waals surface area contributed by atoms with Crippen LogP contribution in [0, 0.1) is 10.1 Å². The average Bonchev–Trinajstić information content (AvgIpc) is 3.34. The minimum absolute atomic E-state index is 0.0701. The van der Waals surface area contributed by atoms with E-state index in [9.17, 15) is 24.8 Å². The predicted octanol–water partition coefficient (Wildman–Crippen LogP) is 4.00. The zero-order chi connectivity index (χ0) is 20.5. The molecule has 9 nitrogen and oxygen atoms in total. The molecule has 1 aromatic heterocycles. The molecule has 1 amide bonds. The number of hydrogen-bond acceptors (Lipinski definition) is 7. The van der Waals surface area contributed by atoms with Gasteiger partial charge in [0.2, 0.25) is 6.79 Å². The Morgan fingerprint density at radius 1 is 1.10 bits per heavy atom. The molecule has 2 aromatic carbocycles. The molecule has 1 aliphatic rings. The van der Waals surface area contributed by atoms with Crippen LogP contribution in [0.15, 0.2) is 48.5 Å². The summed E-state index contributed by atoms with van der Waals surface area (Å²) < 4.78 is 10.4. The van der Waals surface area contributed by atoms with Crippen molar-refractivity contribution in [3.05, 3.63) is 69.1 Å². The number of benzene rings is 2. The van der Waals surface area contributed by atoms with Gasteiger partial charge in [-0.1, -0.05) is 12.1 Å². The highest BCUT2D eigenvalue weighted by molar-refractivity contribution is 7.18. The van der Waals surface area contributed by atoms with Gasteiger partial charge < -0.3 is 19.9 Å². The van der Waals surface area contributed by atoms with E-state index >= 15 is 0 Å². The van der Waals surface area contributed by atoms with Crippen LogP contribution in [0.5, 0.6) is 11.5 Å². The predicted molar refractivity (Wildman–Crippen MR) is 104 cm³/mol. The number of nitro benzene ring substituents is 1. The lowest BCUT2D eigenvalue weighted by molar-refractivity contribution is -0.384. The number of thiophene rings is 1. The number of carbonyl (C=O) groups excluding carboxylic acids is 1. The molecular weight excluding hydrogens is 400 g/mol. The van der Waals surface area contributed by atoms with Crippen LogP contribution in [-0.2, 0) is 0 Å². The minimum atomic E-state index is -1.22. The topological polar surface area (TPSA) is 128 Å². The summed E-state index contributed by atoms with van der Waals surface area (Å²) in [6.07, 6.45) is 0. The van der Waals surface area contributed by atoms with Crippen LogP contribution < -0.4 is 14.8 Å². The van der Waals surface area contributed by atoms with Gasteiger partial charge in [0.15, 0.2) is 11.5 Å². The van der Waals surface area contributed by atoms with E-state index in [1.165, 1.54) is 36.4 Å². The number of nitrogens with one attached hydrogen (secondary N) is 1. The maximum Gasteiger partial charge on any atom is 0.348 e. The summed E-state index contributed by atoms with van der Waals surface area (Å²) in [5.74, 6) is -0.781. The van der Waals surface area contributed by atoms with Crippen LogP contribution in [0.4, 0.5) is 11.4 Å². The first-order valence-electron chi connectivity index (χ1n) is 8.25. The molecule has 0 atom stereocenters. The Morgan fingerprint density at radius 2 is 1.90 bits per heavy atom. The minimum Gasteiger partial charge on any atom is -0.477 e. The molecule has 0 saturated carbocycles. The second-order valence-electron chi connectivity index (χ2n) is 5.99. The molecule has 0 aliphatic carbocycles. The Balaban J connectivity index is 1.65. The average molecular weight is 412 g/mol. The van der Waals surface area contributed by atoms with E-state index < -0.39 is 16.8 Å². The number of ether oxygens (including phenoxy) is 2. The Hall–Kier alpha value is -3.92. The summed E-state index contributed by atoms with van der Waals surface area (Å²) in [4.78, 5) is 35.1. The molecule has 146 valence electrons. The molecule has 0 radical (unpaired) electrons. The number of anilines is 1. The van der Waals surface area contributed by atoms with Crippen molar-refractivity contribution >= 4 is 34.6 Å². The third-order valence-corrected chi connectivity index (χ3v) is 5.32. The summed E-state index contributed by atoms with van der Waals surface area (Å²) >= 11 is 0.917. The highest BCUT2D eigenvalue weighted by Crippen LogP contribution is 2.37. The molecule has 2 heterocycles. The van der Waals surface area contributed by atoms with Gasteiger partial charge in [-0.25, -0.2) is 4.79 Å². The molecule has 0 spiro atoms. The first kappa shape index (κ1) is 18.4. The first-order chi connectivity index (χ1) is 13.9. The summed E-state index contributed by atoms with van der Waals surface area (Å²) in [6.45, 7) is 0.0701. The molecule has 3 aromatic rings. The number of carboxylic acids is 1. The van der Waals surface area contributed by atoms with E-state index in [0.717, 1.165) is 11.3 Å². The number of hydrogen-bond donors (Lipinski definition) is 2. The number of carbonyl (C=O) groups is 2. The molecule has 1 aliphatic heterocycles. The van der Waals surface area contributed by atoms with Crippen molar-refractivity contribution in [2.45, 2.75) is 0 Å². The number of rotatable bonds is 5. The molecule has 29 heavy (non-hydrogen) atoms. The zero-order valence-corrected chi connectivity index (χ0v) is 15.4. The highest BCUT2D eigenvalue weighted by Gasteiger charge is 2.21. The lowest BCUT2D eigenvalue weighted by Crippen LogP contribution is -2.13. The van der Waals surface area contributed by atoms with Crippen LogP contribution in [0.25, 0.3) is 10.4 Å². The molecule has 0 fully saturated rings. The van der Waals surface area contributed by atoms with Crippen molar-refractivity contribution in [3.8, 4) is 21.9 Å². The van der Waals surface area contributed by atoms with Crippen molar-refractivity contribution in [1.82, 2.24) is 0 Å². The number of nitro groups is 1. The fourth-order valence-corrected chi connectivity index (χ4v) is 3.74. The van der Waals surface area contributed by atoms with Gasteiger partial charge in [-0.15, -0.1) is 11.3 Å². The van der Waals surface area contributed by atoms with Gasteiger partial charge in [-0.05, 0) is 29.8 Å². The second-order valence-corrected chi connectivity index (χ2v) is 7.04. The smallest absolute Gasteiger partial charge is 0.348 e. The van der Waals surface area contributed by atoms with Gasteiger partial charge >= 0.3 is 5.97 Å². The van der Waals surface area contributed by atoms with Gasteiger partial charge in [0, 0.05) is 22.6 Å². The third kappa shape index (κ3) is 3.60. The normalized spacial score (nSPS) is 11.9. The number of non-ortho nitro benzene ring substituents is 1. The zero-order valence-electron chi connectivity index (χ0n) is 14.6. The van der Waals surface area contributed by atoms with Crippen molar-refractivity contribution in [2.24, 2.45) is 0 Å². The molecule has 0 bridgehead atoms. The number of aromatic carboxylic acids is 1. The quantitative estimate of drug-likeness (QED) is 0.479. The van der Waals surface area contributed by atoms with Crippen molar-refractivity contribution in [1.29, 1.82) is 0 Å². The van der Waals surface area contributed by atoms with Gasteiger partial charge in [-0.2, -0.15) is 0 Å². The van der Waals surface area contributed by atoms with Crippen LogP contribution in [-0.4, -0.2) is 28.7 Å². The molecule has 2 N–H and O–H groups in total. The fraction of sp³-hybridized carbons (Fsp3) is 0.0526. The second kappa shape index (κ2) is 7.24. The SMILES string of the molecule is O=C(Nc1cc(-c2cccc([N+](=O)[O-])c2)sc1C(=O)O)c1ccc2c(c1)OCO2. The van der Waals surface area contributed by atoms with E-state index in [1.807, 2.05) is 0 Å². The molecule has 4 rings (SSSR count). The molecule has 0 unspecified atom stereocenters. The lowest BCUT2D eigenvalue weighted by atomic mass is 10.1. The molecular formula is C19H12N2O7S. The maximum atomic E-state index is 12.6. The monoisotopic (exact) mass is 412 g/mol. The van der Waals surface area contributed by atoms with Crippen LogP contribution in [0.1, 0.15) is 20.0 Å². The van der Waals surface area contributed by atoms with E-state index in [2.05, 4.69) is 5.32 Å². The van der Waals surface area contributed by atoms with E-state index in [-0.39, 0.29) is 28.6 Å². The van der Waals surface area contributed by atoms with Gasteiger partial charge in [0.1, 0.15) is 4.88 Å². The summed E-state index contributed by atoms with van der Waals surface area (Å²) in [5.41, 5.74) is 0.745. The summed E-state index contributed by atoms with van der Waals surface area (Å²) in [6, 6.07) is 12.0. The van der Waals surface area contributed by atoms with Crippen LogP contribution >= 0.6 is 11.3 Å². The van der Waals surface area contributed by atoms with E-state index in [0.29, 0.717) is 21.9 Å². The van der Waals surface area contributed by atoms with E-state index in [1.54, 1.807) is 12.1 Å². The number of carboxylic acid groups (broad SMARTS) is 1. The number of nitrogens with zero attached hydrogens (tertiary/aromatic N) is 1. The van der Waals surface area contributed by atoms with E-state index in [4.69, 9.17) is 9.47 Å². The Morgan fingerprint density at radius 3 is 2.66 bits per heavy atom. The van der Waals surface area contributed by atoms with Gasteiger partial charge in [0.25, 0.3) is 11.6 Å². The van der Waals surface area contributed by atoms with Crippen molar-refractivity contribution in [3.63, 3.8) is 0 Å². The standard InChI is InChI=1S/C19H12N2O7S/c22-18(11-4-5-14-15(7-11)28-9-27-14)20-13-8-16(29-17(13)19(23)24)10-2-1-3-12(6-10)21(25)26/h1-8H,9H2,(H,20,22)(H,23,24). The van der Waals surface area contributed by atoms with Crippen molar-refractivity contribution < 1.29 is 29.1 Å². The molecule has 0 saturated heterocycles. The number of fused-ring (bicyclic) bond motifs is 1. The largest absolute Gasteiger partial charge is 0.477 e. The lowest BCUT2D eigenvalue weighted by Gasteiger charge is -2.05. The summed E-state index contributed by atoms with van der Waals surface area (Å²) in [5, 5.41) is 23.1. The third-order valence-electron chi connectivity index (χ3n) is 4.15. The summed E-state index contributed by atoms with van der Waals surface area (Å²) in [7, 11) is 0. The van der Waals surface area contributed by atoms with Crippen molar-refractivity contribution in [2.75, 3.05) is 12.1 Å². The first-order valence-corrected chi connectivity index (χ1v) is 9.07. The fourth-order valence-electron chi connectivity index (χ4n) is 2.79. The maximum absolute atomic E-state index is 12.6. The molecule has 10 heteroatoms.